The number of hydrogen-bond acceptors (Lipinski definition) is 6. The molecule has 1 atom stereocenters. The van der Waals surface area contributed by atoms with Crippen LogP contribution in [0.5, 0.6) is 0 Å². The van der Waals surface area contributed by atoms with E-state index in [0.29, 0.717) is 17.9 Å². The summed E-state index contributed by atoms with van der Waals surface area (Å²) < 4.78 is 0. The fraction of sp³-hybridized carbons (Fsp3) is 0.727. The number of rotatable bonds is 3. The van der Waals surface area contributed by atoms with Crippen LogP contribution in [-0.4, -0.2) is 59.1 Å². The van der Waals surface area contributed by atoms with Gasteiger partial charge in [-0.05, 0) is 32.5 Å². The summed E-state index contributed by atoms with van der Waals surface area (Å²) in [6.07, 6.45) is 0. The Bertz CT molecular complexity index is 413. The highest BCUT2D eigenvalue weighted by molar-refractivity contribution is 6.28. The van der Waals surface area contributed by atoms with Gasteiger partial charge in [0, 0.05) is 32.2 Å². The van der Waals surface area contributed by atoms with Crippen LogP contribution in [0.15, 0.2) is 0 Å². The molecule has 1 unspecified atom stereocenters. The zero-order chi connectivity index (χ0) is 13.1. The third-order valence-electron chi connectivity index (χ3n) is 3.17. The third kappa shape index (κ3) is 3.00. The first-order chi connectivity index (χ1) is 8.60. The van der Waals surface area contributed by atoms with Gasteiger partial charge in [-0.2, -0.15) is 15.0 Å². The predicted molar refractivity (Wildman–Crippen MR) is 73.3 cm³/mol. The Labute approximate surface area is 112 Å². The van der Waals surface area contributed by atoms with Gasteiger partial charge in [-0.1, -0.05) is 0 Å². The van der Waals surface area contributed by atoms with Crippen molar-refractivity contribution in [2.24, 2.45) is 0 Å². The molecule has 2 rings (SSSR count). The maximum atomic E-state index is 5.93. The van der Waals surface area contributed by atoms with Crippen molar-refractivity contribution in [1.82, 2.24) is 19.9 Å². The van der Waals surface area contributed by atoms with E-state index in [9.17, 15) is 0 Å². The summed E-state index contributed by atoms with van der Waals surface area (Å²) in [6, 6.07) is 0.483. The smallest absolute Gasteiger partial charge is 0.231 e. The minimum Gasteiger partial charge on any atom is -0.354 e. The van der Waals surface area contributed by atoms with Crippen LogP contribution in [0, 0.1) is 0 Å². The highest BCUT2D eigenvalue weighted by Gasteiger charge is 2.23. The lowest BCUT2D eigenvalue weighted by Gasteiger charge is -2.37. The van der Waals surface area contributed by atoms with Crippen LogP contribution in [0.3, 0.4) is 0 Å². The highest BCUT2D eigenvalue weighted by Crippen LogP contribution is 2.17. The molecule has 0 aromatic carbocycles. The molecule has 0 aliphatic carbocycles. The molecule has 1 saturated heterocycles. The topological polar surface area (TPSA) is 57.2 Å². The molecule has 1 aromatic rings. The Balaban J connectivity index is 2.17. The summed E-state index contributed by atoms with van der Waals surface area (Å²) in [5.74, 6) is 1.20. The standard InChI is InChI=1S/C11H19ClN6/c1-4-13-10-14-9(12)15-11(16-10)18-6-5-17(3)8(2)7-18/h8H,4-7H2,1-3H3,(H,13,14,15,16). The molecule has 0 saturated carbocycles. The number of nitrogens with one attached hydrogen (secondary N) is 1. The van der Waals surface area contributed by atoms with Gasteiger partial charge in [0.15, 0.2) is 0 Å². The van der Waals surface area contributed by atoms with Gasteiger partial charge in [0.05, 0.1) is 0 Å². The lowest BCUT2D eigenvalue weighted by Crippen LogP contribution is -2.50. The van der Waals surface area contributed by atoms with E-state index in [-0.39, 0.29) is 5.28 Å². The summed E-state index contributed by atoms with van der Waals surface area (Å²) in [5, 5.41) is 3.30. The first-order valence-electron chi connectivity index (χ1n) is 6.20. The second kappa shape index (κ2) is 5.67. The molecule has 1 aromatic heterocycles. The zero-order valence-corrected chi connectivity index (χ0v) is 11.8. The predicted octanol–water partition coefficient (Wildman–Crippen LogP) is 1.10. The van der Waals surface area contributed by atoms with Crippen molar-refractivity contribution in [3.63, 3.8) is 0 Å². The molecule has 1 aliphatic heterocycles. The van der Waals surface area contributed by atoms with Gasteiger partial charge in [0.2, 0.25) is 17.2 Å². The molecule has 0 bridgehead atoms. The summed E-state index contributed by atoms with van der Waals surface area (Å²) in [6.45, 7) is 7.77. The first-order valence-corrected chi connectivity index (χ1v) is 6.58. The van der Waals surface area contributed by atoms with Crippen molar-refractivity contribution in [3.05, 3.63) is 5.28 Å². The number of halogens is 1. The van der Waals surface area contributed by atoms with Crippen molar-refractivity contribution in [2.75, 3.05) is 43.4 Å². The van der Waals surface area contributed by atoms with E-state index < -0.39 is 0 Å². The van der Waals surface area contributed by atoms with Crippen LogP contribution in [0.4, 0.5) is 11.9 Å². The average molecular weight is 271 g/mol. The van der Waals surface area contributed by atoms with Gasteiger partial charge in [-0.15, -0.1) is 0 Å². The Morgan fingerprint density at radius 2 is 2.11 bits per heavy atom. The molecular formula is C11H19ClN6. The van der Waals surface area contributed by atoms with Crippen molar-refractivity contribution in [2.45, 2.75) is 19.9 Å². The number of hydrogen-bond donors (Lipinski definition) is 1. The van der Waals surface area contributed by atoms with Crippen LogP contribution in [0.2, 0.25) is 5.28 Å². The maximum absolute atomic E-state index is 5.93. The molecule has 0 spiro atoms. The van der Waals surface area contributed by atoms with Gasteiger partial charge >= 0.3 is 0 Å². The van der Waals surface area contributed by atoms with E-state index in [1.807, 2.05) is 6.92 Å². The number of piperazine rings is 1. The van der Waals surface area contributed by atoms with E-state index in [1.165, 1.54) is 0 Å². The van der Waals surface area contributed by atoms with Gasteiger partial charge in [0.1, 0.15) is 0 Å². The van der Waals surface area contributed by atoms with Crippen LogP contribution in [0.1, 0.15) is 13.8 Å². The summed E-state index contributed by atoms with van der Waals surface area (Å²) >= 11 is 5.93. The van der Waals surface area contributed by atoms with Crippen LogP contribution in [0.25, 0.3) is 0 Å². The van der Waals surface area contributed by atoms with Crippen molar-refractivity contribution in [3.8, 4) is 0 Å². The fourth-order valence-corrected chi connectivity index (χ4v) is 2.10. The first kappa shape index (κ1) is 13.3. The Morgan fingerprint density at radius 1 is 1.33 bits per heavy atom. The second-order valence-corrected chi connectivity index (χ2v) is 4.87. The lowest BCUT2D eigenvalue weighted by molar-refractivity contribution is 0.233. The van der Waals surface area contributed by atoms with E-state index in [1.54, 1.807) is 0 Å². The molecule has 0 amide bonds. The van der Waals surface area contributed by atoms with Crippen LogP contribution < -0.4 is 10.2 Å². The van der Waals surface area contributed by atoms with E-state index in [2.05, 4.69) is 44.0 Å². The normalized spacial score (nSPS) is 21.1. The minimum absolute atomic E-state index is 0.238. The number of likely N-dealkylation sites (N-methyl/N-ethyl adjacent to an activating group) is 1. The van der Waals surface area contributed by atoms with Crippen molar-refractivity contribution in [1.29, 1.82) is 0 Å². The molecule has 7 heteroatoms. The lowest BCUT2D eigenvalue weighted by atomic mass is 10.2. The molecule has 0 radical (unpaired) electrons. The van der Waals surface area contributed by atoms with Crippen LogP contribution >= 0.6 is 11.6 Å². The molecule has 1 fully saturated rings. The quantitative estimate of drug-likeness (QED) is 0.888. The minimum atomic E-state index is 0.238. The number of nitrogens with zero attached hydrogens (tertiary/aromatic N) is 5. The maximum Gasteiger partial charge on any atom is 0.231 e. The zero-order valence-electron chi connectivity index (χ0n) is 11.0. The molecule has 6 nitrogen and oxygen atoms in total. The summed E-state index contributed by atoms with van der Waals surface area (Å²) in [4.78, 5) is 17.1. The van der Waals surface area contributed by atoms with Gasteiger partial charge in [0.25, 0.3) is 0 Å². The average Bonchev–Trinajstić information content (AvgIpc) is 2.32. The van der Waals surface area contributed by atoms with Gasteiger partial charge in [-0.3, -0.25) is 0 Å². The largest absolute Gasteiger partial charge is 0.354 e. The summed E-state index contributed by atoms with van der Waals surface area (Å²) in [7, 11) is 2.13. The molecule has 100 valence electrons. The number of aromatic nitrogens is 3. The molecule has 18 heavy (non-hydrogen) atoms. The van der Waals surface area contributed by atoms with Crippen LogP contribution in [-0.2, 0) is 0 Å². The van der Waals surface area contributed by atoms with Crippen molar-refractivity contribution >= 4 is 23.5 Å². The third-order valence-corrected chi connectivity index (χ3v) is 3.34. The summed E-state index contributed by atoms with van der Waals surface area (Å²) in [5.41, 5.74) is 0. The molecular weight excluding hydrogens is 252 g/mol. The fourth-order valence-electron chi connectivity index (χ4n) is 1.95. The Kier molecular flexibility index (Phi) is 4.19. The van der Waals surface area contributed by atoms with E-state index in [4.69, 9.17) is 11.6 Å². The van der Waals surface area contributed by atoms with Gasteiger partial charge in [-0.25, -0.2) is 0 Å². The van der Waals surface area contributed by atoms with Gasteiger partial charge < -0.3 is 15.1 Å². The molecule has 1 N–H and O–H groups in total. The monoisotopic (exact) mass is 270 g/mol. The second-order valence-electron chi connectivity index (χ2n) is 4.53. The molecule has 2 heterocycles. The number of anilines is 2. The SMILES string of the molecule is CCNc1nc(Cl)nc(N2CCN(C)C(C)C2)n1. The highest BCUT2D eigenvalue weighted by atomic mass is 35.5. The Hall–Kier alpha value is -1.14. The van der Waals surface area contributed by atoms with Crippen molar-refractivity contribution < 1.29 is 0 Å². The Morgan fingerprint density at radius 3 is 2.78 bits per heavy atom. The molecule has 1 aliphatic rings. The van der Waals surface area contributed by atoms with E-state index >= 15 is 0 Å². The van der Waals surface area contributed by atoms with E-state index in [0.717, 1.165) is 26.2 Å².